The fourth-order valence-electron chi connectivity index (χ4n) is 1.52. The highest BCUT2D eigenvalue weighted by Crippen LogP contribution is 2.22. The number of rotatable bonds is 4. The summed E-state index contributed by atoms with van der Waals surface area (Å²) in [6.07, 6.45) is 1.50. The third kappa shape index (κ3) is 3.30. The molecule has 0 radical (unpaired) electrons. The van der Waals surface area contributed by atoms with Gasteiger partial charge in [-0.25, -0.2) is 4.98 Å². The molecule has 0 saturated heterocycles. The number of ether oxygens (including phenoxy) is 1. The van der Waals surface area contributed by atoms with Crippen LogP contribution in [0.15, 0.2) is 42.6 Å². The van der Waals surface area contributed by atoms with Gasteiger partial charge in [0, 0.05) is 6.20 Å². The fourth-order valence-corrected chi connectivity index (χ4v) is 1.52. The van der Waals surface area contributed by atoms with E-state index in [2.05, 4.69) is 4.98 Å². The molecule has 0 aliphatic heterocycles. The van der Waals surface area contributed by atoms with E-state index in [4.69, 9.17) is 15.1 Å². The standard InChI is InChI=1S/C14H10N2O3/c15-9-11-2-1-7-16-14(11)19-12-5-3-10(4-6-12)8-13(17)18/h1-7H,8H2,(H,17,18). The second kappa shape index (κ2) is 5.65. The summed E-state index contributed by atoms with van der Waals surface area (Å²) in [4.78, 5) is 14.5. The monoisotopic (exact) mass is 254 g/mol. The van der Waals surface area contributed by atoms with Crippen LogP contribution in [-0.2, 0) is 11.2 Å². The van der Waals surface area contributed by atoms with E-state index in [1.54, 1.807) is 36.4 Å². The van der Waals surface area contributed by atoms with Crippen molar-refractivity contribution in [3.63, 3.8) is 0 Å². The fraction of sp³-hybridized carbons (Fsp3) is 0.0714. The third-order valence-corrected chi connectivity index (χ3v) is 2.38. The number of aliphatic carboxylic acids is 1. The van der Waals surface area contributed by atoms with Gasteiger partial charge in [-0.2, -0.15) is 5.26 Å². The van der Waals surface area contributed by atoms with Crippen LogP contribution in [0.5, 0.6) is 11.6 Å². The molecular weight excluding hydrogens is 244 g/mol. The summed E-state index contributed by atoms with van der Waals surface area (Å²) in [6, 6.07) is 11.9. The Morgan fingerprint density at radius 2 is 2.05 bits per heavy atom. The molecule has 0 aliphatic carbocycles. The number of nitrogens with zero attached hydrogens (tertiary/aromatic N) is 2. The molecule has 0 saturated carbocycles. The van der Waals surface area contributed by atoms with Crippen LogP contribution in [0.1, 0.15) is 11.1 Å². The lowest BCUT2D eigenvalue weighted by Crippen LogP contribution is -1.99. The van der Waals surface area contributed by atoms with E-state index < -0.39 is 5.97 Å². The van der Waals surface area contributed by atoms with E-state index in [9.17, 15) is 4.79 Å². The number of hydrogen-bond acceptors (Lipinski definition) is 4. The number of carbonyl (C=O) groups is 1. The predicted molar refractivity (Wildman–Crippen MR) is 66.8 cm³/mol. The van der Waals surface area contributed by atoms with Crippen LogP contribution >= 0.6 is 0 Å². The second-order valence-electron chi connectivity index (χ2n) is 3.78. The molecule has 0 fully saturated rings. The first-order chi connectivity index (χ1) is 9.19. The highest BCUT2D eigenvalue weighted by molar-refractivity contribution is 5.70. The Morgan fingerprint density at radius 1 is 1.32 bits per heavy atom. The molecule has 0 aliphatic rings. The number of aromatic nitrogens is 1. The van der Waals surface area contributed by atoms with Crippen molar-refractivity contribution in [3.05, 3.63) is 53.7 Å². The Labute approximate surface area is 109 Å². The average molecular weight is 254 g/mol. The van der Waals surface area contributed by atoms with Gasteiger partial charge in [-0.3, -0.25) is 4.79 Å². The number of carboxylic acid groups (broad SMARTS) is 1. The molecule has 94 valence electrons. The van der Waals surface area contributed by atoms with Crippen LogP contribution in [0.2, 0.25) is 0 Å². The largest absolute Gasteiger partial charge is 0.481 e. The zero-order valence-corrected chi connectivity index (χ0v) is 9.91. The first-order valence-electron chi connectivity index (χ1n) is 5.53. The summed E-state index contributed by atoms with van der Waals surface area (Å²) in [5, 5.41) is 17.6. The maximum atomic E-state index is 10.6. The van der Waals surface area contributed by atoms with Crippen LogP contribution in [0.3, 0.4) is 0 Å². The van der Waals surface area contributed by atoms with Crippen LogP contribution in [-0.4, -0.2) is 16.1 Å². The van der Waals surface area contributed by atoms with Crippen molar-refractivity contribution in [1.29, 1.82) is 5.26 Å². The second-order valence-corrected chi connectivity index (χ2v) is 3.78. The van der Waals surface area contributed by atoms with Gasteiger partial charge >= 0.3 is 5.97 Å². The molecule has 19 heavy (non-hydrogen) atoms. The van der Waals surface area contributed by atoms with Gasteiger partial charge in [0.1, 0.15) is 17.4 Å². The van der Waals surface area contributed by atoms with E-state index in [0.717, 1.165) is 0 Å². The van der Waals surface area contributed by atoms with Crippen molar-refractivity contribution in [3.8, 4) is 17.7 Å². The minimum atomic E-state index is -0.884. The summed E-state index contributed by atoms with van der Waals surface area (Å²) in [5.41, 5.74) is 1.03. The Bertz CT molecular complexity index is 630. The third-order valence-electron chi connectivity index (χ3n) is 2.38. The molecule has 0 spiro atoms. The molecule has 5 heteroatoms. The summed E-state index contributed by atoms with van der Waals surface area (Å²) in [7, 11) is 0. The number of pyridine rings is 1. The van der Waals surface area contributed by atoms with Gasteiger partial charge in [-0.05, 0) is 29.8 Å². The Balaban J connectivity index is 2.16. The van der Waals surface area contributed by atoms with E-state index in [1.165, 1.54) is 6.20 Å². The summed E-state index contributed by atoms with van der Waals surface area (Å²) in [5.74, 6) is -0.148. The molecule has 1 N–H and O–H groups in total. The maximum Gasteiger partial charge on any atom is 0.307 e. The first kappa shape index (κ1) is 12.6. The van der Waals surface area contributed by atoms with Crippen molar-refractivity contribution in [2.75, 3.05) is 0 Å². The first-order valence-corrected chi connectivity index (χ1v) is 5.53. The van der Waals surface area contributed by atoms with E-state index in [1.807, 2.05) is 6.07 Å². The normalized spacial score (nSPS) is 9.63. The van der Waals surface area contributed by atoms with Gasteiger partial charge in [-0.1, -0.05) is 12.1 Å². The molecule has 2 rings (SSSR count). The zero-order chi connectivity index (χ0) is 13.7. The lowest BCUT2D eigenvalue weighted by atomic mass is 10.1. The quantitative estimate of drug-likeness (QED) is 0.905. The maximum absolute atomic E-state index is 10.6. The minimum Gasteiger partial charge on any atom is -0.481 e. The predicted octanol–water partition coefficient (Wildman–Crippen LogP) is 2.37. The molecule has 2 aromatic rings. The minimum absolute atomic E-state index is 0.0344. The van der Waals surface area contributed by atoms with Crippen LogP contribution in [0, 0.1) is 11.3 Å². The molecule has 0 amide bonds. The number of hydrogen-bond donors (Lipinski definition) is 1. The lowest BCUT2D eigenvalue weighted by Gasteiger charge is -2.06. The number of nitriles is 1. The SMILES string of the molecule is N#Cc1cccnc1Oc1ccc(CC(=O)O)cc1. The molecule has 1 heterocycles. The topological polar surface area (TPSA) is 83.2 Å². The van der Waals surface area contributed by atoms with E-state index >= 15 is 0 Å². The Hall–Kier alpha value is -2.87. The molecule has 0 atom stereocenters. The summed E-state index contributed by atoms with van der Waals surface area (Å²) >= 11 is 0. The Kier molecular flexibility index (Phi) is 3.74. The van der Waals surface area contributed by atoms with Gasteiger partial charge < -0.3 is 9.84 Å². The number of benzene rings is 1. The van der Waals surface area contributed by atoms with Gasteiger partial charge in [0.2, 0.25) is 5.88 Å². The van der Waals surface area contributed by atoms with Crippen molar-refractivity contribution < 1.29 is 14.6 Å². The van der Waals surface area contributed by atoms with Gasteiger partial charge in [0.25, 0.3) is 0 Å². The van der Waals surface area contributed by atoms with Crippen LogP contribution < -0.4 is 4.74 Å². The van der Waals surface area contributed by atoms with Crippen LogP contribution in [0.25, 0.3) is 0 Å². The van der Waals surface area contributed by atoms with Crippen LogP contribution in [0.4, 0.5) is 0 Å². The van der Waals surface area contributed by atoms with Crippen molar-refractivity contribution in [1.82, 2.24) is 4.98 Å². The molecule has 1 aromatic heterocycles. The summed E-state index contributed by atoms with van der Waals surface area (Å²) in [6.45, 7) is 0. The van der Waals surface area contributed by atoms with E-state index in [-0.39, 0.29) is 12.3 Å². The van der Waals surface area contributed by atoms with Gasteiger partial charge in [-0.15, -0.1) is 0 Å². The van der Waals surface area contributed by atoms with E-state index in [0.29, 0.717) is 16.9 Å². The highest BCUT2D eigenvalue weighted by Gasteiger charge is 2.06. The molecule has 0 bridgehead atoms. The lowest BCUT2D eigenvalue weighted by molar-refractivity contribution is -0.136. The van der Waals surface area contributed by atoms with Gasteiger partial charge in [0.05, 0.1) is 6.42 Å². The Morgan fingerprint density at radius 3 is 2.68 bits per heavy atom. The molecule has 5 nitrogen and oxygen atoms in total. The van der Waals surface area contributed by atoms with Crippen molar-refractivity contribution in [2.24, 2.45) is 0 Å². The summed E-state index contributed by atoms with van der Waals surface area (Å²) < 4.78 is 5.48. The smallest absolute Gasteiger partial charge is 0.307 e. The van der Waals surface area contributed by atoms with Gasteiger partial charge in [0.15, 0.2) is 0 Å². The molecular formula is C14H10N2O3. The zero-order valence-electron chi connectivity index (χ0n) is 9.91. The molecule has 0 unspecified atom stereocenters. The molecule has 1 aromatic carbocycles. The average Bonchev–Trinajstić information content (AvgIpc) is 2.41. The number of carboxylic acids is 1. The highest BCUT2D eigenvalue weighted by atomic mass is 16.5. The van der Waals surface area contributed by atoms with Crippen molar-refractivity contribution >= 4 is 5.97 Å². The van der Waals surface area contributed by atoms with Crippen molar-refractivity contribution in [2.45, 2.75) is 6.42 Å².